The summed E-state index contributed by atoms with van der Waals surface area (Å²) in [5.74, 6) is -6.64. The molecule has 0 spiro atoms. The standard InChI is InChI=1S/C21H17F4N3O5S/c1-11(10-34(2,30)31)27-19(29)14-9-26-21(33-18-6-4-13(23)8-16(18)25)28-20(14)32-17-5-3-12(22)7-15(17)24/h3-9,11H,10H2,1-2H3,(H,27,29)/t11-/m1/s1. The van der Waals surface area contributed by atoms with Gasteiger partial charge in [0, 0.05) is 24.4 Å². The lowest BCUT2D eigenvalue weighted by Crippen LogP contribution is -2.37. The molecule has 0 aliphatic rings. The third-order valence-corrected chi connectivity index (χ3v) is 5.21. The van der Waals surface area contributed by atoms with Gasteiger partial charge < -0.3 is 14.8 Å². The third kappa shape index (κ3) is 6.63. The van der Waals surface area contributed by atoms with E-state index >= 15 is 0 Å². The molecule has 34 heavy (non-hydrogen) atoms. The molecule has 0 radical (unpaired) electrons. The Kier molecular flexibility index (Phi) is 7.35. The zero-order valence-corrected chi connectivity index (χ0v) is 18.5. The first-order valence-corrected chi connectivity index (χ1v) is 11.6. The molecule has 0 bridgehead atoms. The Hall–Kier alpha value is -3.74. The quantitative estimate of drug-likeness (QED) is 0.470. The maximum absolute atomic E-state index is 14.1. The normalized spacial score (nSPS) is 12.2. The third-order valence-electron chi connectivity index (χ3n) is 4.10. The van der Waals surface area contributed by atoms with E-state index < -0.39 is 68.4 Å². The fraction of sp³-hybridized carbons (Fsp3) is 0.190. The second kappa shape index (κ2) is 10.0. The average molecular weight is 499 g/mol. The van der Waals surface area contributed by atoms with E-state index in [2.05, 4.69) is 15.3 Å². The smallest absolute Gasteiger partial charge is 0.325 e. The van der Waals surface area contributed by atoms with Gasteiger partial charge >= 0.3 is 6.01 Å². The molecule has 3 rings (SSSR count). The van der Waals surface area contributed by atoms with Crippen molar-refractivity contribution < 1.29 is 40.2 Å². The van der Waals surface area contributed by atoms with Crippen LogP contribution in [0.4, 0.5) is 17.6 Å². The van der Waals surface area contributed by atoms with E-state index in [4.69, 9.17) is 9.47 Å². The fourth-order valence-corrected chi connectivity index (χ4v) is 3.74. The highest BCUT2D eigenvalue weighted by Crippen LogP contribution is 2.29. The van der Waals surface area contributed by atoms with Gasteiger partial charge in [0.25, 0.3) is 5.91 Å². The molecule has 0 saturated carbocycles. The highest BCUT2D eigenvalue weighted by atomic mass is 32.2. The van der Waals surface area contributed by atoms with Gasteiger partial charge in [-0.3, -0.25) is 4.79 Å². The fourth-order valence-electron chi connectivity index (χ4n) is 2.75. The van der Waals surface area contributed by atoms with Crippen molar-refractivity contribution in [1.29, 1.82) is 0 Å². The van der Waals surface area contributed by atoms with E-state index in [0.29, 0.717) is 12.1 Å². The number of halogens is 4. The molecule has 3 aromatic rings. The monoisotopic (exact) mass is 499 g/mol. The number of aromatic nitrogens is 2. The van der Waals surface area contributed by atoms with E-state index in [1.807, 2.05) is 0 Å². The van der Waals surface area contributed by atoms with Gasteiger partial charge in [0.1, 0.15) is 27.0 Å². The number of ether oxygens (including phenoxy) is 2. The second-order valence-corrected chi connectivity index (χ2v) is 9.38. The maximum atomic E-state index is 14.1. The van der Waals surface area contributed by atoms with Gasteiger partial charge in [0.05, 0.1) is 11.9 Å². The number of sulfone groups is 1. The number of nitrogens with one attached hydrogen (secondary N) is 1. The van der Waals surface area contributed by atoms with Crippen LogP contribution in [0.1, 0.15) is 17.3 Å². The minimum atomic E-state index is -3.41. The summed E-state index contributed by atoms with van der Waals surface area (Å²) >= 11 is 0. The molecular formula is C21H17F4N3O5S. The summed E-state index contributed by atoms with van der Waals surface area (Å²) in [6.45, 7) is 1.44. The lowest BCUT2D eigenvalue weighted by Gasteiger charge is -2.15. The lowest BCUT2D eigenvalue weighted by molar-refractivity contribution is 0.0940. The van der Waals surface area contributed by atoms with Crippen molar-refractivity contribution in [3.05, 3.63) is 71.4 Å². The van der Waals surface area contributed by atoms with Gasteiger partial charge in [-0.1, -0.05) is 0 Å². The number of carbonyl (C=O) groups is 1. The zero-order valence-electron chi connectivity index (χ0n) is 17.7. The summed E-state index contributed by atoms with van der Waals surface area (Å²) in [6.07, 6.45) is 1.91. The average Bonchev–Trinajstić information content (AvgIpc) is 2.71. The van der Waals surface area contributed by atoms with Crippen LogP contribution in [0.5, 0.6) is 23.4 Å². The molecule has 0 saturated heterocycles. The van der Waals surface area contributed by atoms with Gasteiger partial charge in [-0.2, -0.15) is 4.98 Å². The van der Waals surface area contributed by atoms with Gasteiger partial charge in [0.15, 0.2) is 23.1 Å². The molecule has 0 unspecified atom stereocenters. The number of amides is 1. The van der Waals surface area contributed by atoms with Crippen molar-refractivity contribution in [2.24, 2.45) is 0 Å². The molecule has 2 aromatic carbocycles. The molecular weight excluding hydrogens is 482 g/mol. The number of rotatable bonds is 8. The molecule has 13 heteroatoms. The lowest BCUT2D eigenvalue weighted by atomic mass is 10.2. The summed E-state index contributed by atoms with van der Waals surface area (Å²) in [5.41, 5.74) is -0.351. The minimum absolute atomic E-state index is 0.351. The summed E-state index contributed by atoms with van der Waals surface area (Å²) in [7, 11) is -3.41. The Morgan fingerprint density at radius 2 is 1.56 bits per heavy atom. The van der Waals surface area contributed by atoms with Crippen LogP contribution in [0.25, 0.3) is 0 Å². The number of hydrogen-bond acceptors (Lipinski definition) is 7. The van der Waals surface area contributed by atoms with E-state index in [-0.39, 0.29) is 11.3 Å². The molecule has 1 aromatic heterocycles. The molecule has 1 amide bonds. The van der Waals surface area contributed by atoms with E-state index in [9.17, 15) is 30.8 Å². The number of carbonyl (C=O) groups excluding carboxylic acids is 1. The van der Waals surface area contributed by atoms with Crippen molar-refractivity contribution in [3.8, 4) is 23.4 Å². The van der Waals surface area contributed by atoms with Crippen LogP contribution >= 0.6 is 0 Å². The van der Waals surface area contributed by atoms with Crippen LogP contribution in [-0.2, 0) is 9.84 Å². The summed E-state index contributed by atoms with van der Waals surface area (Å²) < 4.78 is 87.8. The van der Waals surface area contributed by atoms with Gasteiger partial charge in [-0.15, -0.1) is 0 Å². The molecule has 0 aliphatic heterocycles. The first kappa shape index (κ1) is 24.9. The Morgan fingerprint density at radius 3 is 2.09 bits per heavy atom. The van der Waals surface area contributed by atoms with Crippen molar-refractivity contribution in [2.75, 3.05) is 12.0 Å². The van der Waals surface area contributed by atoms with Gasteiger partial charge in [-0.25, -0.2) is 31.0 Å². The first-order chi connectivity index (χ1) is 15.9. The topological polar surface area (TPSA) is 107 Å². The van der Waals surface area contributed by atoms with E-state index in [1.165, 1.54) is 6.92 Å². The highest BCUT2D eigenvalue weighted by molar-refractivity contribution is 7.90. The van der Waals surface area contributed by atoms with Crippen molar-refractivity contribution in [1.82, 2.24) is 15.3 Å². The minimum Gasteiger partial charge on any atom is -0.435 e. The predicted octanol–water partition coefficient (Wildman–Crippen LogP) is 3.78. The van der Waals surface area contributed by atoms with Gasteiger partial charge in [0.2, 0.25) is 5.88 Å². The molecule has 8 nitrogen and oxygen atoms in total. The SMILES string of the molecule is C[C@H](CS(C)(=O)=O)NC(=O)c1cnc(Oc2ccc(F)cc2F)nc1Oc1ccc(F)cc1F. The molecule has 1 atom stereocenters. The molecule has 1 heterocycles. The Bertz CT molecular complexity index is 1340. The number of nitrogens with zero attached hydrogens (tertiary/aromatic N) is 2. The molecule has 0 fully saturated rings. The number of benzene rings is 2. The summed E-state index contributed by atoms with van der Waals surface area (Å²) in [6, 6.07) is 3.49. The van der Waals surface area contributed by atoms with Crippen LogP contribution in [0.2, 0.25) is 0 Å². The van der Waals surface area contributed by atoms with E-state index in [1.54, 1.807) is 0 Å². The van der Waals surface area contributed by atoms with Crippen LogP contribution in [-0.4, -0.2) is 42.3 Å². The molecule has 0 aliphatic carbocycles. The van der Waals surface area contributed by atoms with Crippen LogP contribution < -0.4 is 14.8 Å². The van der Waals surface area contributed by atoms with E-state index in [0.717, 1.165) is 36.7 Å². The first-order valence-electron chi connectivity index (χ1n) is 9.52. The summed E-state index contributed by atoms with van der Waals surface area (Å²) in [5, 5.41) is 2.41. The van der Waals surface area contributed by atoms with Crippen LogP contribution in [0, 0.1) is 23.3 Å². The maximum Gasteiger partial charge on any atom is 0.325 e. The number of hydrogen-bond donors (Lipinski definition) is 1. The van der Waals surface area contributed by atoms with Crippen LogP contribution in [0.15, 0.2) is 42.6 Å². The van der Waals surface area contributed by atoms with Gasteiger partial charge in [-0.05, 0) is 31.2 Å². The second-order valence-electron chi connectivity index (χ2n) is 7.19. The molecule has 1 N–H and O–H groups in total. The summed E-state index contributed by atoms with van der Waals surface area (Å²) in [4.78, 5) is 20.3. The Balaban J connectivity index is 1.95. The van der Waals surface area contributed by atoms with Crippen molar-refractivity contribution >= 4 is 15.7 Å². The highest BCUT2D eigenvalue weighted by Gasteiger charge is 2.22. The largest absolute Gasteiger partial charge is 0.435 e. The Morgan fingerprint density at radius 1 is 1.00 bits per heavy atom. The van der Waals surface area contributed by atoms with Crippen LogP contribution in [0.3, 0.4) is 0 Å². The Labute approximate surface area is 191 Å². The van der Waals surface area contributed by atoms with Crippen molar-refractivity contribution in [2.45, 2.75) is 13.0 Å². The van der Waals surface area contributed by atoms with Crippen molar-refractivity contribution in [3.63, 3.8) is 0 Å². The predicted molar refractivity (Wildman–Crippen MR) is 112 cm³/mol. The zero-order chi connectivity index (χ0) is 25.0. The molecule has 180 valence electrons.